The molecule has 8 heteroatoms. The largest absolute Gasteiger partial charge is 0.489 e. The molecule has 5 N–H and O–H groups in total. The highest BCUT2D eigenvalue weighted by Crippen LogP contribution is 2.33. The van der Waals surface area contributed by atoms with Gasteiger partial charge in [0.05, 0.1) is 18.2 Å². The van der Waals surface area contributed by atoms with Crippen molar-refractivity contribution in [2.24, 2.45) is 11.5 Å². The number of methoxy groups -OCH3 is 1. The minimum absolute atomic E-state index is 0.107. The van der Waals surface area contributed by atoms with Gasteiger partial charge in [-0.1, -0.05) is 36.4 Å². The van der Waals surface area contributed by atoms with Crippen molar-refractivity contribution in [3.05, 3.63) is 107 Å². The van der Waals surface area contributed by atoms with Gasteiger partial charge in [0.15, 0.2) is 0 Å². The number of aryl methyl sites for hydroxylation is 3. The molecular weight excluding hydrogens is 556 g/mol. The van der Waals surface area contributed by atoms with Crippen LogP contribution >= 0.6 is 0 Å². The Morgan fingerprint density at radius 1 is 0.750 bits per heavy atom. The van der Waals surface area contributed by atoms with Gasteiger partial charge in [0.2, 0.25) is 0 Å². The highest BCUT2D eigenvalue weighted by atomic mass is 16.5. The number of ether oxygens (including phenoxy) is 3. The molecule has 0 spiro atoms. The number of hydrogen-bond acceptors (Lipinski definition) is 7. The number of rotatable bonds is 6. The first-order valence-corrected chi connectivity index (χ1v) is 14.8. The average Bonchev–Trinajstić information content (AvgIpc) is 3.07. The standard InChI is InChI=1S/2C18H19NO3/c1-11-8-12(3-6-16(11)18(20)21)13-4-7-17-14(9-13)2-5-15(10-19)22-17;1-21-18(20)13-4-2-12(3-5-13)14-7-9-17-15(10-14)6-8-16(11-19)22-17/h3-4,6-9,15H,2,5,10,19H2,1H3,(H,20,21);2-5,7,9-10,16H,6,8,11,19H2,1H3/t15-;16-/m11/s1. The number of carboxylic acid groups (broad SMARTS) is 1. The van der Waals surface area contributed by atoms with Crippen LogP contribution in [-0.4, -0.2) is 49.5 Å². The summed E-state index contributed by atoms with van der Waals surface area (Å²) in [5, 5.41) is 9.11. The molecule has 0 saturated carbocycles. The fourth-order valence-electron chi connectivity index (χ4n) is 5.58. The van der Waals surface area contributed by atoms with Crippen molar-refractivity contribution in [1.29, 1.82) is 0 Å². The van der Waals surface area contributed by atoms with Crippen molar-refractivity contribution in [2.75, 3.05) is 20.2 Å². The van der Waals surface area contributed by atoms with E-state index in [0.29, 0.717) is 24.2 Å². The smallest absolute Gasteiger partial charge is 0.337 e. The second-order valence-corrected chi connectivity index (χ2v) is 11.1. The Kier molecular flexibility index (Phi) is 9.62. The Labute approximate surface area is 257 Å². The van der Waals surface area contributed by atoms with Gasteiger partial charge in [-0.25, -0.2) is 9.59 Å². The lowest BCUT2D eigenvalue weighted by atomic mass is 9.95. The van der Waals surface area contributed by atoms with Crippen LogP contribution in [0.15, 0.2) is 78.9 Å². The molecule has 4 aromatic rings. The molecule has 44 heavy (non-hydrogen) atoms. The molecule has 0 aliphatic carbocycles. The van der Waals surface area contributed by atoms with Crippen LogP contribution < -0.4 is 20.9 Å². The van der Waals surface area contributed by atoms with E-state index in [1.165, 1.54) is 18.2 Å². The second kappa shape index (κ2) is 13.8. The molecule has 0 unspecified atom stereocenters. The van der Waals surface area contributed by atoms with E-state index in [9.17, 15) is 9.59 Å². The fraction of sp³-hybridized carbons (Fsp3) is 0.278. The zero-order valence-electron chi connectivity index (χ0n) is 25.0. The Morgan fingerprint density at radius 2 is 1.23 bits per heavy atom. The lowest BCUT2D eigenvalue weighted by Crippen LogP contribution is -2.30. The van der Waals surface area contributed by atoms with Crippen molar-refractivity contribution in [2.45, 2.75) is 44.8 Å². The zero-order valence-corrected chi connectivity index (χ0v) is 25.0. The van der Waals surface area contributed by atoms with E-state index in [4.69, 9.17) is 30.8 Å². The van der Waals surface area contributed by atoms with Gasteiger partial charge >= 0.3 is 11.9 Å². The Bertz CT molecular complexity index is 1650. The van der Waals surface area contributed by atoms with Gasteiger partial charge in [-0.05, 0) is 114 Å². The monoisotopic (exact) mass is 594 g/mol. The van der Waals surface area contributed by atoms with E-state index in [0.717, 1.165) is 65.0 Å². The first-order chi connectivity index (χ1) is 21.3. The number of carbonyl (C=O) groups excluding carboxylic acids is 1. The molecule has 0 bridgehead atoms. The van der Waals surface area contributed by atoms with Crippen molar-refractivity contribution in [3.8, 4) is 33.8 Å². The van der Waals surface area contributed by atoms with E-state index >= 15 is 0 Å². The van der Waals surface area contributed by atoms with Crippen molar-refractivity contribution >= 4 is 11.9 Å². The number of hydrogen-bond donors (Lipinski definition) is 3. The normalized spacial score (nSPS) is 16.6. The summed E-state index contributed by atoms with van der Waals surface area (Å²) in [6.45, 7) is 2.91. The van der Waals surface area contributed by atoms with Gasteiger partial charge in [0.1, 0.15) is 23.7 Å². The maximum atomic E-state index is 11.5. The third-order valence-electron chi connectivity index (χ3n) is 8.13. The first kappa shape index (κ1) is 30.8. The summed E-state index contributed by atoms with van der Waals surface area (Å²) in [5.41, 5.74) is 19.7. The molecule has 2 aliphatic rings. The lowest BCUT2D eigenvalue weighted by Gasteiger charge is -2.25. The molecule has 0 saturated heterocycles. The highest BCUT2D eigenvalue weighted by molar-refractivity contribution is 5.90. The highest BCUT2D eigenvalue weighted by Gasteiger charge is 2.20. The van der Waals surface area contributed by atoms with E-state index in [2.05, 4.69) is 12.1 Å². The number of benzene rings is 4. The predicted molar refractivity (Wildman–Crippen MR) is 170 cm³/mol. The van der Waals surface area contributed by atoms with Gasteiger partial charge < -0.3 is 30.8 Å². The molecule has 6 rings (SSSR count). The Morgan fingerprint density at radius 3 is 1.70 bits per heavy atom. The molecule has 2 atom stereocenters. The van der Waals surface area contributed by atoms with Crippen molar-refractivity contribution < 1.29 is 28.9 Å². The fourth-order valence-corrected chi connectivity index (χ4v) is 5.58. The number of carbonyl (C=O) groups is 2. The molecular formula is C36H38N2O6. The van der Waals surface area contributed by atoms with E-state index in [-0.39, 0.29) is 18.2 Å². The number of carboxylic acids is 1. The maximum Gasteiger partial charge on any atom is 0.337 e. The van der Waals surface area contributed by atoms with Gasteiger partial charge in [0.25, 0.3) is 0 Å². The zero-order chi connectivity index (χ0) is 31.2. The number of fused-ring (bicyclic) bond motifs is 2. The van der Waals surface area contributed by atoms with E-state index < -0.39 is 5.97 Å². The molecule has 0 fully saturated rings. The van der Waals surface area contributed by atoms with Gasteiger partial charge in [-0.2, -0.15) is 0 Å². The number of esters is 1. The SMILES string of the molecule is COC(=O)c1ccc(-c2ccc3c(c2)CC[C@H](CN)O3)cc1.Cc1cc(-c2ccc3c(c2)CC[C@H](CN)O3)ccc1C(=O)O. The van der Waals surface area contributed by atoms with Crippen LogP contribution in [0.2, 0.25) is 0 Å². The molecule has 8 nitrogen and oxygen atoms in total. The van der Waals surface area contributed by atoms with E-state index in [1.807, 2.05) is 55.5 Å². The summed E-state index contributed by atoms with van der Waals surface area (Å²) in [7, 11) is 1.38. The molecule has 4 aromatic carbocycles. The summed E-state index contributed by atoms with van der Waals surface area (Å²) in [5.74, 6) is 0.620. The Hall–Kier alpha value is -4.66. The summed E-state index contributed by atoms with van der Waals surface area (Å²) >= 11 is 0. The van der Waals surface area contributed by atoms with Crippen molar-refractivity contribution in [3.63, 3.8) is 0 Å². The number of nitrogens with two attached hydrogens (primary N) is 2. The molecule has 0 amide bonds. The molecule has 0 radical (unpaired) electrons. The quantitative estimate of drug-likeness (QED) is 0.238. The molecule has 228 valence electrons. The molecule has 2 heterocycles. The van der Waals surface area contributed by atoms with Crippen LogP contribution in [-0.2, 0) is 17.6 Å². The summed E-state index contributed by atoms with van der Waals surface area (Å²) in [4.78, 5) is 22.6. The van der Waals surface area contributed by atoms with Crippen LogP contribution in [0, 0.1) is 6.92 Å². The van der Waals surface area contributed by atoms with Gasteiger partial charge in [-0.3, -0.25) is 0 Å². The van der Waals surface area contributed by atoms with Crippen molar-refractivity contribution in [1.82, 2.24) is 0 Å². The van der Waals surface area contributed by atoms with Crippen LogP contribution in [0.3, 0.4) is 0 Å². The molecule has 2 aliphatic heterocycles. The predicted octanol–water partition coefficient (Wildman–Crippen LogP) is 5.81. The maximum absolute atomic E-state index is 11.5. The van der Waals surface area contributed by atoms with E-state index in [1.54, 1.807) is 18.2 Å². The van der Waals surface area contributed by atoms with Crippen LogP contribution in [0.1, 0.15) is 50.2 Å². The summed E-state index contributed by atoms with van der Waals surface area (Å²) in [6, 6.07) is 25.1. The summed E-state index contributed by atoms with van der Waals surface area (Å²) in [6.07, 6.45) is 4.05. The van der Waals surface area contributed by atoms with Gasteiger partial charge in [-0.15, -0.1) is 0 Å². The molecule has 0 aromatic heterocycles. The summed E-state index contributed by atoms with van der Waals surface area (Å²) < 4.78 is 16.4. The van der Waals surface area contributed by atoms with Crippen LogP contribution in [0.25, 0.3) is 22.3 Å². The minimum Gasteiger partial charge on any atom is -0.489 e. The van der Waals surface area contributed by atoms with Crippen LogP contribution in [0.5, 0.6) is 11.5 Å². The third-order valence-corrected chi connectivity index (χ3v) is 8.13. The third kappa shape index (κ3) is 6.93. The van der Waals surface area contributed by atoms with Gasteiger partial charge in [0, 0.05) is 13.1 Å². The topological polar surface area (TPSA) is 134 Å². The number of aromatic carboxylic acids is 1. The lowest BCUT2D eigenvalue weighted by molar-refractivity contribution is 0.0599. The van der Waals surface area contributed by atoms with Crippen LogP contribution in [0.4, 0.5) is 0 Å². The second-order valence-electron chi connectivity index (χ2n) is 11.1. The minimum atomic E-state index is -0.893. The average molecular weight is 595 g/mol. The first-order valence-electron chi connectivity index (χ1n) is 14.8. The Balaban J connectivity index is 0.000000175.